The second kappa shape index (κ2) is 5.61. The fourth-order valence-corrected chi connectivity index (χ4v) is 3.62. The fraction of sp³-hybridized carbons (Fsp3) is 0.571. The molecule has 0 aromatic heterocycles. The molecule has 4 nitrogen and oxygen atoms in total. The van der Waals surface area contributed by atoms with Gasteiger partial charge in [0.25, 0.3) is 0 Å². The van der Waals surface area contributed by atoms with Crippen LogP contribution in [-0.4, -0.2) is 27.2 Å². The largest absolute Gasteiger partial charge is 0.377 e. The molecule has 1 aromatic carbocycles. The summed E-state index contributed by atoms with van der Waals surface area (Å²) in [6.45, 7) is 6.46. The minimum atomic E-state index is -3.47. The first-order chi connectivity index (χ1) is 8.90. The number of benzene rings is 1. The lowest BCUT2D eigenvalue weighted by atomic mass is 10.1. The average Bonchev–Trinajstić information content (AvgIpc) is 2.85. The molecule has 5 heteroatoms. The third-order valence-electron chi connectivity index (χ3n) is 3.65. The summed E-state index contributed by atoms with van der Waals surface area (Å²) in [5.74, 6) is 0. The van der Waals surface area contributed by atoms with E-state index in [4.69, 9.17) is 4.74 Å². The van der Waals surface area contributed by atoms with E-state index in [0.717, 1.165) is 30.6 Å². The van der Waals surface area contributed by atoms with Gasteiger partial charge in [-0.1, -0.05) is 6.07 Å². The summed E-state index contributed by atoms with van der Waals surface area (Å²) in [6.07, 6.45) is 1.90. The van der Waals surface area contributed by atoms with Crippen molar-refractivity contribution >= 4 is 10.0 Å². The van der Waals surface area contributed by atoms with E-state index in [1.807, 2.05) is 26.8 Å². The van der Waals surface area contributed by atoms with E-state index in [-0.39, 0.29) is 12.1 Å². The van der Waals surface area contributed by atoms with Crippen LogP contribution in [0.4, 0.5) is 0 Å². The lowest BCUT2D eigenvalue weighted by Gasteiger charge is -2.20. The van der Waals surface area contributed by atoms with Crippen molar-refractivity contribution in [3.05, 3.63) is 29.3 Å². The number of aryl methyl sites for hydroxylation is 2. The van der Waals surface area contributed by atoms with E-state index in [1.165, 1.54) is 0 Å². The van der Waals surface area contributed by atoms with Crippen molar-refractivity contribution in [1.29, 1.82) is 0 Å². The van der Waals surface area contributed by atoms with Gasteiger partial charge in [0, 0.05) is 12.6 Å². The summed E-state index contributed by atoms with van der Waals surface area (Å²) in [5.41, 5.74) is 2.07. The van der Waals surface area contributed by atoms with Crippen molar-refractivity contribution in [3.63, 3.8) is 0 Å². The minimum absolute atomic E-state index is 0.0127. The smallest absolute Gasteiger partial charge is 0.240 e. The lowest BCUT2D eigenvalue weighted by molar-refractivity contribution is 0.0902. The van der Waals surface area contributed by atoms with Crippen LogP contribution < -0.4 is 4.72 Å². The number of hydrogen-bond donors (Lipinski definition) is 1. The molecule has 2 rings (SSSR count). The normalized spacial score (nSPS) is 21.5. The predicted molar refractivity (Wildman–Crippen MR) is 74.7 cm³/mol. The van der Waals surface area contributed by atoms with Crippen LogP contribution in [0.2, 0.25) is 0 Å². The van der Waals surface area contributed by atoms with E-state index < -0.39 is 10.0 Å². The van der Waals surface area contributed by atoms with Gasteiger partial charge in [0.1, 0.15) is 0 Å². The molecule has 0 spiro atoms. The van der Waals surface area contributed by atoms with Crippen molar-refractivity contribution in [2.75, 3.05) is 6.61 Å². The molecular formula is C14H21NO3S. The van der Waals surface area contributed by atoms with Crippen molar-refractivity contribution in [2.24, 2.45) is 0 Å². The number of hydrogen-bond acceptors (Lipinski definition) is 3. The molecule has 1 aliphatic heterocycles. The maximum atomic E-state index is 12.3. The summed E-state index contributed by atoms with van der Waals surface area (Å²) < 4.78 is 32.8. The van der Waals surface area contributed by atoms with Crippen LogP contribution in [0.5, 0.6) is 0 Å². The molecule has 2 unspecified atom stereocenters. The Morgan fingerprint density at radius 3 is 2.63 bits per heavy atom. The molecule has 1 heterocycles. The fourth-order valence-electron chi connectivity index (χ4n) is 2.27. The third-order valence-corrected chi connectivity index (χ3v) is 5.21. The highest BCUT2D eigenvalue weighted by Crippen LogP contribution is 2.19. The van der Waals surface area contributed by atoms with E-state index in [2.05, 4.69) is 4.72 Å². The molecule has 1 N–H and O–H groups in total. The van der Waals surface area contributed by atoms with Gasteiger partial charge in [0.2, 0.25) is 10.0 Å². The highest BCUT2D eigenvalue weighted by Gasteiger charge is 2.26. The van der Waals surface area contributed by atoms with Gasteiger partial charge in [-0.2, -0.15) is 0 Å². The Bertz CT molecular complexity index is 548. The van der Waals surface area contributed by atoms with Crippen LogP contribution in [0.3, 0.4) is 0 Å². The summed E-state index contributed by atoms with van der Waals surface area (Å²) in [4.78, 5) is 0.320. The Hall–Kier alpha value is -0.910. The maximum Gasteiger partial charge on any atom is 0.240 e. The summed E-state index contributed by atoms with van der Waals surface area (Å²) in [7, 11) is -3.47. The molecule has 106 valence electrons. The van der Waals surface area contributed by atoms with Gasteiger partial charge in [-0.05, 0) is 56.9 Å². The van der Waals surface area contributed by atoms with Crippen LogP contribution >= 0.6 is 0 Å². The number of rotatable bonds is 4. The lowest BCUT2D eigenvalue weighted by Crippen LogP contribution is -2.40. The average molecular weight is 283 g/mol. The molecule has 0 radical (unpaired) electrons. The van der Waals surface area contributed by atoms with E-state index >= 15 is 0 Å². The Morgan fingerprint density at radius 1 is 1.32 bits per heavy atom. The summed E-state index contributed by atoms with van der Waals surface area (Å²) >= 11 is 0. The minimum Gasteiger partial charge on any atom is -0.377 e. The zero-order valence-corrected chi connectivity index (χ0v) is 12.5. The maximum absolute atomic E-state index is 12.3. The van der Waals surface area contributed by atoms with E-state index in [0.29, 0.717) is 4.90 Å². The first-order valence-electron chi connectivity index (χ1n) is 6.61. The van der Waals surface area contributed by atoms with Gasteiger partial charge in [-0.15, -0.1) is 0 Å². The quantitative estimate of drug-likeness (QED) is 0.921. The molecule has 0 saturated carbocycles. The molecule has 2 atom stereocenters. The highest BCUT2D eigenvalue weighted by atomic mass is 32.2. The Morgan fingerprint density at radius 2 is 2.05 bits per heavy atom. The van der Waals surface area contributed by atoms with Crippen LogP contribution in [0, 0.1) is 13.8 Å². The van der Waals surface area contributed by atoms with Gasteiger partial charge in [-0.25, -0.2) is 13.1 Å². The van der Waals surface area contributed by atoms with Crippen LogP contribution in [-0.2, 0) is 14.8 Å². The molecule has 1 fully saturated rings. The van der Waals surface area contributed by atoms with Crippen molar-refractivity contribution in [2.45, 2.75) is 50.7 Å². The van der Waals surface area contributed by atoms with Crippen molar-refractivity contribution in [1.82, 2.24) is 4.72 Å². The molecule has 1 aromatic rings. The van der Waals surface area contributed by atoms with Crippen LogP contribution in [0.15, 0.2) is 23.1 Å². The first kappa shape index (κ1) is 14.5. The van der Waals surface area contributed by atoms with Crippen molar-refractivity contribution < 1.29 is 13.2 Å². The van der Waals surface area contributed by atoms with Gasteiger partial charge >= 0.3 is 0 Å². The number of nitrogens with one attached hydrogen (secondary N) is 1. The first-order valence-corrected chi connectivity index (χ1v) is 8.09. The topological polar surface area (TPSA) is 55.4 Å². The SMILES string of the molecule is Cc1ccc(S(=O)(=O)NC(C)C2CCCO2)cc1C. The van der Waals surface area contributed by atoms with Gasteiger partial charge in [0.15, 0.2) is 0 Å². The second-order valence-corrected chi connectivity index (χ2v) is 6.92. The Kier molecular flexibility index (Phi) is 4.28. The molecular weight excluding hydrogens is 262 g/mol. The summed E-state index contributed by atoms with van der Waals surface area (Å²) in [6, 6.07) is 4.99. The number of ether oxygens (including phenoxy) is 1. The second-order valence-electron chi connectivity index (χ2n) is 5.21. The van der Waals surface area contributed by atoms with Crippen molar-refractivity contribution in [3.8, 4) is 0 Å². The predicted octanol–water partition coefficient (Wildman–Crippen LogP) is 2.15. The van der Waals surface area contributed by atoms with E-state index in [9.17, 15) is 8.42 Å². The summed E-state index contributed by atoms with van der Waals surface area (Å²) in [5, 5.41) is 0. The Labute approximate surface area is 115 Å². The number of sulfonamides is 1. The third kappa shape index (κ3) is 3.35. The molecule has 0 amide bonds. The molecule has 1 saturated heterocycles. The van der Waals surface area contributed by atoms with E-state index in [1.54, 1.807) is 12.1 Å². The van der Waals surface area contributed by atoms with Gasteiger partial charge in [-0.3, -0.25) is 0 Å². The van der Waals surface area contributed by atoms with Crippen LogP contribution in [0.25, 0.3) is 0 Å². The Balaban J connectivity index is 2.15. The van der Waals surface area contributed by atoms with Gasteiger partial charge in [0.05, 0.1) is 11.0 Å². The highest BCUT2D eigenvalue weighted by molar-refractivity contribution is 7.89. The molecule has 0 aliphatic carbocycles. The van der Waals surface area contributed by atoms with Gasteiger partial charge < -0.3 is 4.74 Å². The molecule has 19 heavy (non-hydrogen) atoms. The zero-order valence-electron chi connectivity index (χ0n) is 11.6. The monoisotopic (exact) mass is 283 g/mol. The van der Waals surface area contributed by atoms with Crippen LogP contribution in [0.1, 0.15) is 30.9 Å². The standard InChI is InChI=1S/C14H21NO3S/c1-10-6-7-13(9-11(10)2)19(16,17)15-12(3)14-5-4-8-18-14/h6-7,9,12,14-15H,4-5,8H2,1-3H3. The molecule has 0 bridgehead atoms. The molecule has 1 aliphatic rings. The zero-order chi connectivity index (χ0) is 14.0.